The molecule has 1 aliphatic rings. The third kappa shape index (κ3) is 2.70. The van der Waals surface area contributed by atoms with Gasteiger partial charge in [-0.15, -0.1) is 0 Å². The first kappa shape index (κ1) is 9.32. The molecule has 1 heterocycles. The number of carbonyl (C=O) groups is 1. The van der Waals surface area contributed by atoms with Gasteiger partial charge in [-0.05, 0) is 14.0 Å². The Morgan fingerprint density at radius 3 is 2.67 bits per heavy atom. The second kappa shape index (κ2) is 4.30. The first-order chi connectivity index (χ1) is 5.72. The monoisotopic (exact) mass is 171 g/mol. The lowest BCUT2D eigenvalue weighted by molar-refractivity contribution is 0.134. The van der Waals surface area contributed by atoms with E-state index in [-0.39, 0.29) is 6.03 Å². The highest BCUT2D eigenvalue weighted by Crippen LogP contribution is 2.10. The fourth-order valence-electron chi connectivity index (χ4n) is 1.42. The summed E-state index contributed by atoms with van der Waals surface area (Å²) in [5.74, 6) is 0.651. The van der Waals surface area contributed by atoms with Crippen LogP contribution in [0.5, 0.6) is 0 Å². The lowest BCUT2D eigenvalue weighted by Crippen LogP contribution is -2.50. The topological polar surface area (TPSA) is 44.4 Å². The minimum Gasteiger partial charge on any atom is -0.338 e. The Bertz CT molecular complexity index is 154. The standard InChI is InChI=1S/C8H17N3O/c1-3-9-8(12)10-4-7-5-11(2)6-7/h7H,3-6H2,1-2H3,(H2,9,10,12). The largest absolute Gasteiger partial charge is 0.338 e. The summed E-state index contributed by atoms with van der Waals surface area (Å²) in [5, 5.41) is 5.53. The lowest BCUT2D eigenvalue weighted by atomic mass is 10.0. The fourth-order valence-corrected chi connectivity index (χ4v) is 1.42. The van der Waals surface area contributed by atoms with Crippen LogP contribution in [0, 0.1) is 5.92 Å². The van der Waals surface area contributed by atoms with E-state index in [1.807, 2.05) is 6.92 Å². The van der Waals surface area contributed by atoms with E-state index in [9.17, 15) is 4.79 Å². The van der Waals surface area contributed by atoms with Crippen molar-refractivity contribution in [2.45, 2.75) is 6.92 Å². The molecule has 0 aliphatic carbocycles. The fraction of sp³-hybridized carbons (Fsp3) is 0.875. The van der Waals surface area contributed by atoms with Crippen LogP contribution in [-0.2, 0) is 0 Å². The first-order valence-electron chi connectivity index (χ1n) is 4.42. The van der Waals surface area contributed by atoms with E-state index < -0.39 is 0 Å². The van der Waals surface area contributed by atoms with Crippen LogP contribution in [0.1, 0.15) is 6.92 Å². The van der Waals surface area contributed by atoms with Gasteiger partial charge in [0.2, 0.25) is 0 Å². The molecule has 0 atom stereocenters. The summed E-state index contributed by atoms with van der Waals surface area (Å²) in [4.78, 5) is 13.2. The number of amides is 2. The minimum atomic E-state index is -0.0490. The highest BCUT2D eigenvalue weighted by molar-refractivity contribution is 5.73. The van der Waals surface area contributed by atoms with Crippen molar-refractivity contribution in [3.63, 3.8) is 0 Å². The van der Waals surface area contributed by atoms with Crippen molar-refractivity contribution in [2.75, 3.05) is 33.2 Å². The zero-order chi connectivity index (χ0) is 8.97. The Balaban J connectivity index is 1.98. The van der Waals surface area contributed by atoms with E-state index in [2.05, 4.69) is 22.6 Å². The van der Waals surface area contributed by atoms with E-state index in [1.165, 1.54) is 0 Å². The SMILES string of the molecule is CCNC(=O)NCC1CN(C)C1. The predicted octanol–water partition coefficient (Wildman–Crippen LogP) is -0.133. The van der Waals surface area contributed by atoms with E-state index in [0.29, 0.717) is 12.5 Å². The summed E-state index contributed by atoms with van der Waals surface area (Å²) >= 11 is 0. The maximum atomic E-state index is 10.9. The molecule has 0 aromatic rings. The summed E-state index contributed by atoms with van der Waals surface area (Å²) in [6.07, 6.45) is 0. The van der Waals surface area contributed by atoms with Gasteiger partial charge in [-0.1, -0.05) is 0 Å². The van der Waals surface area contributed by atoms with Gasteiger partial charge in [0, 0.05) is 32.1 Å². The minimum absolute atomic E-state index is 0.0490. The summed E-state index contributed by atoms with van der Waals surface area (Å²) in [6.45, 7) is 5.61. The van der Waals surface area contributed by atoms with Crippen molar-refractivity contribution < 1.29 is 4.79 Å². The molecule has 2 N–H and O–H groups in total. The van der Waals surface area contributed by atoms with Crippen LogP contribution in [0.15, 0.2) is 0 Å². The number of hydrogen-bond donors (Lipinski definition) is 2. The average Bonchev–Trinajstić information content (AvgIpc) is 1.96. The van der Waals surface area contributed by atoms with Crippen molar-refractivity contribution in [1.29, 1.82) is 0 Å². The molecular weight excluding hydrogens is 154 g/mol. The van der Waals surface area contributed by atoms with Crippen molar-refractivity contribution in [1.82, 2.24) is 15.5 Å². The van der Waals surface area contributed by atoms with E-state index >= 15 is 0 Å². The highest BCUT2D eigenvalue weighted by atomic mass is 16.2. The van der Waals surface area contributed by atoms with Gasteiger partial charge in [0.05, 0.1) is 0 Å². The lowest BCUT2D eigenvalue weighted by Gasteiger charge is -2.36. The molecule has 1 saturated heterocycles. The van der Waals surface area contributed by atoms with Gasteiger partial charge in [-0.3, -0.25) is 0 Å². The van der Waals surface area contributed by atoms with E-state index in [4.69, 9.17) is 0 Å². The first-order valence-corrected chi connectivity index (χ1v) is 4.42. The van der Waals surface area contributed by atoms with Crippen LogP contribution < -0.4 is 10.6 Å². The van der Waals surface area contributed by atoms with Crippen LogP contribution >= 0.6 is 0 Å². The van der Waals surface area contributed by atoms with Crippen molar-refractivity contribution >= 4 is 6.03 Å². The third-order valence-corrected chi connectivity index (χ3v) is 2.03. The third-order valence-electron chi connectivity index (χ3n) is 2.03. The summed E-state index contributed by atoms with van der Waals surface area (Å²) in [5.41, 5.74) is 0. The van der Waals surface area contributed by atoms with Gasteiger partial charge in [0.15, 0.2) is 0 Å². The summed E-state index contributed by atoms with van der Waals surface area (Å²) < 4.78 is 0. The van der Waals surface area contributed by atoms with Gasteiger partial charge in [-0.2, -0.15) is 0 Å². The molecule has 0 radical (unpaired) electrons. The molecule has 0 bridgehead atoms. The Morgan fingerprint density at radius 2 is 2.17 bits per heavy atom. The van der Waals surface area contributed by atoms with Crippen LogP contribution in [-0.4, -0.2) is 44.2 Å². The molecule has 70 valence electrons. The molecule has 2 amide bonds. The molecule has 0 saturated carbocycles. The second-order valence-corrected chi connectivity index (χ2v) is 3.33. The molecule has 1 fully saturated rings. The Hall–Kier alpha value is -0.770. The van der Waals surface area contributed by atoms with Gasteiger partial charge in [-0.25, -0.2) is 4.79 Å². The number of carbonyl (C=O) groups excluding carboxylic acids is 1. The molecule has 0 spiro atoms. The average molecular weight is 171 g/mol. The van der Waals surface area contributed by atoms with Crippen molar-refractivity contribution in [2.24, 2.45) is 5.92 Å². The molecule has 1 rings (SSSR count). The van der Waals surface area contributed by atoms with Crippen LogP contribution in [0.25, 0.3) is 0 Å². The second-order valence-electron chi connectivity index (χ2n) is 3.33. The molecular formula is C8H17N3O. The molecule has 0 aromatic heterocycles. The highest BCUT2D eigenvalue weighted by Gasteiger charge is 2.22. The Morgan fingerprint density at radius 1 is 1.50 bits per heavy atom. The Kier molecular flexibility index (Phi) is 3.34. The van der Waals surface area contributed by atoms with Crippen molar-refractivity contribution in [3.8, 4) is 0 Å². The van der Waals surface area contributed by atoms with E-state index in [0.717, 1.165) is 19.6 Å². The number of urea groups is 1. The molecule has 4 nitrogen and oxygen atoms in total. The van der Waals surface area contributed by atoms with Crippen LogP contribution in [0.3, 0.4) is 0 Å². The predicted molar refractivity (Wildman–Crippen MR) is 48.1 cm³/mol. The zero-order valence-electron chi connectivity index (χ0n) is 7.76. The molecule has 0 aromatic carbocycles. The summed E-state index contributed by atoms with van der Waals surface area (Å²) in [7, 11) is 2.09. The molecule has 12 heavy (non-hydrogen) atoms. The Labute approximate surface area is 73.3 Å². The van der Waals surface area contributed by atoms with Crippen LogP contribution in [0.4, 0.5) is 4.79 Å². The normalized spacial score (nSPS) is 18.5. The van der Waals surface area contributed by atoms with Gasteiger partial charge >= 0.3 is 6.03 Å². The number of nitrogens with zero attached hydrogens (tertiary/aromatic N) is 1. The zero-order valence-corrected chi connectivity index (χ0v) is 7.76. The molecule has 4 heteroatoms. The molecule has 1 aliphatic heterocycles. The van der Waals surface area contributed by atoms with Gasteiger partial charge in [0.25, 0.3) is 0 Å². The van der Waals surface area contributed by atoms with Gasteiger partial charge in [0.1, 0.15) is 0 Å². The number of nitrogens with one attached hydrogen (secondary N) is 2. The number of likely N-dealkylation sites (tertiary alicyclic amines) is 1. The summed E-state index contributed by atoms with van der Waals surface area (Å²) in [6, 6.07) is -0.0490. The smallest absolute Gasteiger partial charge is 0.314 e. The maximum Gasteiger partial charge on any atom is 0.314 e. The van der Waals surface area contributed by atoms with Gasteiger partial charge < -0.3 is 15.5 Å². The van der Waals surface area contributed by atoms with Crippen molar-refractivity contribution in [3.05, 3.63) is 0 Å². The maximum absolute atomic E-state index is 10.9. The number of rotatable bonds is 3. The quantitative estimate of drug-likeness (QED) is 0.621. The van der Waals surface area contributed by atoms with Crippen LogP contribution in [0.2, 0.25) is 0 Å². The van der Waals surface area contributed by atoms with E-state index in [1.54, 1.807) is 0 Å². The number of hydrogen-bond acceptors (Lipinski definition) is 2. The molecule has 0 unspecified atom stereocenters.